The second-order valence-corrected chi connectivity index (χ2v) is 12.8. The molecule has 11 nitrogen and oxygen atoms in total. The number of fused-ring (bicyclic) bond motifs is 1. The lowest BCUT2D eigenvalue weighted by Gasteiger charge is -2.38. The van der Waals surface area contributed by atoms with Gasteiger partial charge in [0.05, 0.1) is 24.4 Å². The standard InChI is InChI=1S/C32H31ClF2N6O5S/c1-17-16-47-30(36-17)29-37-24(27(31(44)46-2)28(38-29)21-6-5-19(34)12-22(21)33)15-39-9-10-40-20(13-39)14-41(32(40)45)25-7-3-18(11-23(25)35)4-8-26(42)43/h3,5-7,11-12,16,20,28H,4,8-10,13-15H2,1-2H3,(H,37,38)(H,42,43)/t20-,28-/m0/s1. The molecule has 1 aromatic heterocycles. The van der Waals surface area contributed by atoms with Gasteiger partial charge in [0.1, 0.15) is 17.7 Å². The Morgan fingerprint density at radius 3 is 2.66 bits per heavy atom. The number of nitrogens with zero attached hydrogens (tertiary/aromatic N) is 5. The van der Waals surface area contributed by atoms with Crippen LogP contribution in [-0.2, 0) is 20.7 Å². The number of thiazole rings is 1. The Hall–Kier alpha value is -4.40. The van der Waals surface area contributed by atoms with E-state index in [9.17, 15) is 18.8 Å². The first kappa shape index (κ1) is 32.5. The minimum absolute atomic E-state index is 0.108. The smallest absolute Gasteiger partial charge is 0.338 e. The molecule has 3 aliphatic rings. The van der Waals surface area contributed by atoms with Gasteiger partial charge in [0.2, 0.25) is 0 Å². The van der Waals surface area contributed by atoms with Crippen molar-refractivity contribution in [3.05, 3.63) is 91.5 Å². The summed E-state index contributed by atoms with van der Waals surface area (Å²) in [4.78, 5) is 52.2. The van der Waals surface area contributed by atoms with Crippen molar-refractivity contribution in [3.63, 3.8) is 0 Å². The SMILES string of the molecule is COC(=O)C1=C(CN2CCN3C(=O)N(c4ccc(CCC(=O)O)cc4F)C[C@@H]3C2)NC(c2nc(C)cs2)=N[C@H]1c1ccc(F)cc1Cl. The molecule has 4 heterocycles. The molecular weight excluding hydrogens is 654 g/mol. The molecule has 2 fully saturated rings. The molecule has 2 saturated heterocycles. The molecule has 2 N–H and O–H groups in total. The molecule has 47 heavy (non-hydrogen) atoms. The van der Waals surface area contributed by atoms with Gasteiger partial charge in [-0.3, -0.25) is 19.6 Å². The molecule has 3 aromatic rings. The zero-order chi connectivity index (χ0) is 33.4. The number of aryl methyl sites for hydroxylation is 2. The zero-order valence-corrected chi connectivity index (χ0v) is 27.1. The fraction of sp³-hybridized carbons (Fsp3) is 0.344. The highest BCUT2D eigenvalue weighted by Crippen LogP contribution is 2.37. The van der Waals surface area contributed by atoms with Crippen molar-refractivity contribution < 1.29 is 33.0 Å². The Morgan fingerprint density at radius 1 is 1.17 bits per heavy atom. The number of amides is 2. The molecule has 6 rings (SSSR count). The van der Waals surface area contributed by atoms with Gasteiger partial charge in [-0.1, -0.05) is 23.7 Å². The number of carbonyl (C=O) groups is 3. The summed E-state index contributed by atoms with van der Waals surface area (Å²) in [5.41, 5.74) is 2.63. The first-order valence-corrected chi connectivity index (χ1v) is 16.1. The van der Waals surface area contributed by atoms with Gasteiger partial charge >= 0.3 is 18.0 Å². The number of aliphatic carboxylic acids is 1. The highest BCUT2D eigenvalue weighted by molar-refractivity contribution is 7.11. The number of halogens is 3. The molecule has 3 aliphatic heterocycles. The lowest BCUT2D eigenvalue weighted by Crippen LogP contribution is -2.53. The number of carbonyl (C=O) groups excluding carboxylic acids is 2. The molecule has 0 saturated carbocycles. The van der Waals surface area contributed by atoms with Crippen LogP contribution >= 0.6 is 22.9 Å². The Bertz CT molecular complexity index is 1820. The van der Waals surface area contributed by atoms with E-state index >= 15 is 4.39 Å². The number of anilines is 1. The third kappa shape index (κ3) is 6.71. The van der Waals surface area contributed by atoms with Crippen molar-refractivity contribution in [2.75, 3.05) is 44.7 Å². The van der Waals surface area contributed by atoms with Crippen LogP contribution in [0.3, 0.4) is 0 Å². The van der Waals surface area contributed by atoms with Crippen molar-refractivity contribution in [2.45, 2.75) is 31.8 Å². The summed E-state index contributed by atoms with van der Waals surface area (Å²) in [5.74, 6) is -2.28. The van der Waals surface area contributed by atoms with Crippen molar-refractivity contribution in [2.24, 2.45) is 4.99 Å². The summed E-state index contributed by atoms with van der Waals surface area (Å²) < 4.78 is 34.3. The molecule has 0 unspecified atom stereocenters. The Balaban J connectivity index is 1.26. The Labute approximate surface area is 278 Å². The van der Waals surface area contributed by atoms with E-state index in [0.717, 1.165) is 5.69 Å². The van der Waals surface area contributed by atoms with Crippen molar-refractivity contribution in [1.82, 2.24) is 20.1 Å². The van der Waals surface area contributed by atoms with E-state index in [2.05, 4.69) is 15.2 Å². The Morgan fingerprint density at radius 2 is 1.98 bits per heavy atom. The second kappa shape index (κ2) is 13.4. The molecule has 0 bridgehead atoms. The minimum Gasteiger partial charge on any atom is -0.481 e. The first-order chi connectivity index (χ1) is 22.5. The number of carboxylic acid groups (broad SMARTS) is 1. The highest BCUT2D eigenvalue weighted by atomic mass is 35.5. The number of methoxy groups -OCH3 is 1. The van der Waals surface area contributed by atoms with E-state index in [4.69, 9.17) is 26.4 Å². The molecule has 0 spiro atoms. The van der Waals surface area contributed by atoms with E-state index in [1.807, 2.05) is 12.3 Å². The number of nitrogens with one attached hydrogen (secondary N) is 1. The van der Waals surface area contributed by atoms with Crippen molar-refractivity contribution >= 4 is 52.4 Å². The van der Waals surface area contributed by atoms with Gasteiger partial charge in [-0.05, 0) is 43.2 Å². The summed E-state index contributed by atoms with van der Waals surface area (Å²) in [7, 11) is 1.27. The van der Waals surface area contributed by atoms with Gasteiger partial charge in [-0.2, -0.15) is 0 Å². The normalized spacial score (nSPS) is 19.9. The molecule has 2 aromatic carbocycles. The topological polar surface area (TPSA) is 128 Å². The van der Waals surface area contributed by atoms with E-state index in [-0.39, 0.29) is 54.3 Å². The van der Waals surface area contributed by atoms with Crippen LogP contribution in [0.15, 0.2) is 58.0 Å². The summed E-state index contributed by atoms with van der Waals surface area (Å²) in [5, 5.41) is 14.8. The number of carboxylic acids is 1. The lowest BCUT2D eigenvalue weighted by atomic mass is 9.95. The maximum Gasteiger partial charge on any atom is 0.338 e. The fourth-order valence-corrected chi connectivity index (χ4v) is 7.12. The molecule has 246 valence electrons. The number of benzene rings is 2. The zero-order valence-electron chi connectivity index (χ0n) is 25.5. The van der Waals surface area contributed by atoms with Gasteiger partial charge < -0.3 is 20.1 Å². The van der Waals surface area contributed by atoms with Gasteiger partial charge in [-0.15, -0.1) is 11.3 Å². The summed E-state index contributed by atoms with van der Waals surface area (Å²) in [6.45, 7) is 3.64. The molecular formula is C32H31ClF2N6O5S. The average molecular weight is 685 g/mol. The van der Waals surface area contributed by atoms with Crippen LogP contribution in [0.25, 0.3) is 0 Å². The number of piperazine rings is 1. The predicted molar refractivity (Wildman–Crippen MR) is 172 cm³/mol. The summed E-state index contributed by atoms with van der Waals surface area (Å²) >= 11 is 7.86. The minimum atomic E-state index is -0.972. The van der Waals surface area contributed by atoms with E-state index < -0.39 is 29.6 Å². The van der Waals surface area contributed by atoms with E-state index in [1.165, 1.54) is 53.7 Å². The molecule has 0 aliphatic carbocycles. The lowest BCUT2D eigenvalue weighted by molar-refractivity contribution is -0.137. The summed E-state index contributed by atoms with van der Waals surface area (Å²) in [6, 6.07) is 6.89. The first-order valence-electron chi connectivity index (χ1n) is 14.9. The van der Waals surface area contributed by atoms with Crippen LogP contribution < -0.4 is 10.2 Å². The number of hydrogen-bond donors (Lipinski definition) is 2. The van der Waals surface area contributed by atoms with Crippen LogP contribution in [0.4, 0.5) is 19.3 Å². The van der Waals surface area contributed by atoms with Crippen LogP contribution in [0.2, 0.25) is 5.02 Å². The monoisotopic (exact) mass is 684 g/mol. The van der Waals surface area contributed by atoms with Gasteiger partial charge in [0.25, 0.3) is 0 Å². The molecule has 0 radical (unpaired) electrons. The number of ether oxygens (including phenoxy) is 1. The molecule has 15 heteroatoms. The number of aliphatic imine (C=N–C) groups is 1. The maximum atomic E-state index is 15.1. The quantitative estimate of drug-likeness (QED) is 0.315. The number of rotatable bonds is 9. The third-order valence-electron chi connectivity index (χ3n) is 8.36. The second-order valence-electron chi connectivity index (χ2n) is 11.5. The van der Waals surface area contributed by atoms with Crippen LogP contribution in [0, 0.1) is 18.6 Å². The largest absolute Gasteiger partial charge is 0.481 e. The maximum absolute atomic E-state index is 15.1. The number of aromatic nitrogens is 1. The number of hydrogen-bond acceptors (Lipinski definition) is 9. The average Bonchev–Trinajstić information content (AvgIpc) is 3.62. The van der Waals surface area contributed by atoms with Crippen molar-refractivity contribution in [3.8, 4) is 0 Å². The Kier molecular flexibility index (Phi) is 9.26. The van der Waals surface area contributed by atoms with Crippen LogP contribution in [-0.4, -0.2) is 89.6 Å². The predicted octanol–water partition coefficient (Wildman–Crippen LogP) is 4.54. The number of urea groups is 1. The third-order valence-corrected chi connectivity index (χ3v) is 9.65. The molecule has 2 atom stereocenters. The van der Waals surface area contributed by atoms with Gasteiger partial charge in [0, 0.05) is 66.5 Å². The van der Waals surface area contributed by atoms with Crippen LogP contribution in [0.1, 0.15) is 34.3 Å². The summed E-state index contributed by atoms with van der Waals surface area (Å²) in [6.07, 6.45) is 0.0645. The van der Waals surface area contributed by atoms with E-state index in [0.29, 0.717) is 47.3 Å². The number of amidine groups is 1. The van der Waals surface area contributed by atoms with Gasteiger partial charge in [-0.25, -0.2) is 23.4 Å². The molecule has 2 amide bonds. The van der Waals surface area contributed by atoms with Crippen molar-refractivity contribution in [1.29, 1.82) is 0 Å². The van der Waals surface area contributed by atoms with Gasteiger partial charge in [0.15, 0.2) is 10.8 Å². The highest BCUT2D eigenvalue weighted by Gasteiger charge is 2.43. The number of esters is 1. The van der Waals surface area contributed by atoms with E-state index in [1.54, 1.807) is 11.0 Å². The fourth-order valence-electron chi connectivity index (χ4n) is 6.11. The van der Waals surface area contributed by atoms with Crippen LogP contribution in [0.5, 0.6) is 0 Å².